The Labute approximate surface area is 112 Å². The van der Waals surface area contributed by atoms with Crippen molar-refractivity contribution in [2.24, 2.45) is 5.10 Å². The van der Waals surface area contributed by atoms with Crippen molar-refractivity contribution in [1.29, 1.82) is 0 Å². The van der Waals surface area contributed by atoms with Gasteiger partial charge in [-0.15, -0.1) is 0 Å². The quantitative estimate of drug-likeness (QED) is 0.361. The van der Waals surface area contributed by atoms with E-state index in [-0.39, 0.29) is 12.3 Å². The SMILES string of the molecule is CC(=O)OCC=NNc1ccc([N+](=O)[O-])cc1[N+](=O)[O-]. The third kappa shape index (κ3) is 4.33. The number of carbonyl (C=O) groups is 1. The Balaban J connectivity index is 2.81. The van der Waals surface area contributed by atoms with Crippen LogP contribution >= 0.6 is 0 Å². The maximum Gasteiger partial charge on any atom is 0.302 e. The molecular weight excluding hydrogens is 272 g/mol. The number of benzene rings is 1. The smallest absolute Gasteiger partial charge is 0.302 e. The number of nitrogens with one attached hydrogen (secondary N) is 1. The van der Waals surface area contributed by atoms with Crippen LogP contribution in [0.25, 0.3) is 0 Å². The van der Waals surface area contributed by atoms with E-state index in [1.807, 2.05) is 0 Å². The minimum absolute atomic E-state index is 0.0142. The molecule has 0 spiro atoms. The van der Waals surface area contributed by atoms with E-state index in [2.05, 4.69) is 15.3 Å². The van der Waals surface area contributed by atoms with Gasteiger partial charge < -0.3 is 4.74 Å². The molecule has 0 aromatic heterocycles. The van der Waals surface area contributed by atoms with Crippen LogP contribution in [0.4, 0.5) is 17.1 Å². The zero-order valence-corrected chi connectivity index (χ0v) is 10.3. The van der Waals surface area contributed by atoms with Gasteiger partial charge in [-0.3, -0.25) is 30.4 Å². The molecule has 106 valence electrons. The Kier molecular flexibility index (Phi) is 5.09. The van der Waals surface area contributed by atoms with Gasteiger partial charge in [0.1, 0.15) is 12.3 Å². The molecule has 0 aliphatic heterocycles. The third-order valence-corrected chi connectivity index (χ3v) is 2.03. The summed E-state index contributed by atoms with van der Waals surface area (Å²) in [6.45, 7) is 1.13. The minimum Gasteiger partial charge on any atom is -0.460 e. The van der Waals surface area contributed by atoms with E-state index in [4.69, 9.17) is 0 Å². The Morgan fingerprint density at radius 2 is 2.10 bits per heavy atom. The number of hydrogen-bond acceptors (Lipinski definition) is 8. The van der Waals surface area contributed by atoms with Gasteiger partial charge in [-0.25, -0.2) is 0 Å². The number of ether oxygens (including phenoxy) is 1. The summed E-state index contributed by atoms with van der Waals surface area (Å²) in [7, 11) is 0. The van der Waals surface area contributed by atoms with E-state index >= 15 is 0 Å². The highest BCUT2D eigenvalue weighted by Gasteiger charge is 2.18. The average Bonchev–Trinajstić information content (AvgIpc) is 2.37. The van der Waals surface area contributed by atoms with E-state index in [9.17, 15) is 25.0 Å². The van der Waals surface area contributed by atoms with Gasteiger partial charge in [-0.1, -0.05) is 0 Å². The van der Waals surface area contributed by atoms with Crippen molar-refractivity contribution in [1.82, 2.24) is 0 Å². The molecule has 0 bridgehead atoms. The highest BCUT2D eigenvalue weighted by atomic mass is 16.6. The van der Waals surface area contributed by atoms with Crippen LogP contribution in [-0.4, -0.2) is 28.6 Å². The molecule has 0 fully saturated rings. The lowest BCUT2D eigenvalue weighted by atomic mass is 10.2. The second-order valence-electron chi connectivity index (χ2n) is 3.44. The van der Waals surface area contributed by atoms with Crippen molar-refractivity contribution in [3.8, 4) is 0 Å². The topological polar surface area (TPSA) is 137 Å². The first-order chi connectivity index (χ1) is 9.41. The summed E-state index contributed by atoms with van der Waals surface area (Å²) >= 11 is 0. The number of rotatable bonds is 6. The summed E-state index contributed by atoms with van der Waals surface area (Å²) in [6.07, 6.45) is 1.19. The fraction of sp³-hybridized carbons (Fsp3) is 0.200. The number of nitro benzene ring substituents is 2. The molecule has 0 saturated heterocycles. The first-order valence-corrected chi connectivity index (χ1v) is 5.25. The summed E-state index contributed by atoms with van der Waals surface area (Å²) in [6, 6.07) is 3.10. The van der Waals surface area contributed by atoms with Gasteiger partial charge in [0, 0.05) is 13.0 Å². The summed E-state index contributed by atoms with van der Waals surface area (Å²) in [5.41, 5.74) is 1.45. The average molecular weight is 282 g/mol. The number of carbonyl (C=O) groups excluding carboxylic acids is 1. The molecule has 0 aliphatic rings. The van der Waals surface area contributed by atoms with E-state index in [0.717, 1.165) is 12.1 Å². The van der Waals surface area contributed by atoms with Crippen molar-refractivity contribution in [2.75, 3.05) is 12.0 Å². The van der Waals surface area contributed by atoms with Gasteiger partial charge in [0.2, 0.25) is 0 Å². The van der Waals surface area contributed by atoms with Crippen molar-refractivity contribution < 1.29 is 19.4 Å². The predicted octanol–water partition coefficient (Wildman–Crippen LogP) is 1.46. The first kappa shape index (κ1) is 15.0. The summed E-state index contributed by atoms with van der Waals surface area (Å²) in [5, 5.41) is 24.9. The molecule has 0 heterocycles. The highest BCUT2D eigenvalue weighted by molar-refractivity contribution is 5.71. The molecule has 0 unspecified atom stereocenters. The Morgan fingerprint density at radius 1 is 1.40 bits per heavy atom. The number of hydrogen-bond donors (Lipinski definition) is 1. The summed E-state index contributed by atoms with van der Waals surface area (Å²) in [4.78, 5) is 30.3. The molecule has 1 aromatic carbocycles. The Bertz CT molecular complexity index is 571. The van der Waals surface area contributed by atoms with Crippen LogP contribution in [0.1, 0.15) is 6.92 Å². The van der Waals surface area contributed by atoms with Gasteiger partial charge in [-0.05, 0) is 6.07 Å². The van der Waals surface area contributed by atoms with Gasteiger partial charge in [-0.2, -0.15) is 5.10 Å². The lowest BCUT2D eigenvalue weighted by Gasteiger charge is -2.01. The lowest BCUT2D eigenvalue weighted by molar-refractivity contribution is -0.393. The molecule has 1 N–H and O–H groups in total. The van der Waals surface area contributed by atoms with E-state index in [1.165, 1.54) is 19.2 Å². The molecule has 0 atom stereocenters. The molecule has 20 heavy (non-hydrogen) atoms. The zero-order chi connectivity index (χ0) is 15.1. The second kappa shape index (κ2) is 6.78. The van der Waals surface area contributed by atoms with E-state index < -0.39 is 27.2 Å². The monoisotopic (exact) mass is 282 g/mol. The molecule has 1 rings (SSSR count). The van der Waals surface area contributed by atoms with Crippen LogP contribution in [0.2, 0.25) is 0 Å². The molecular formula is C10H10N4O6. The van der Waals surface area contributed by atoms with Crippen molar-refractivity contribution in [3.63, 3.8) is 0 Å². The van der Waals surface area contributed by atoms with Gasteiger partial charge in [0.25, 0.3) is 5.69 Å². The molecule has 10 nitrogen and oxygen atoms in total. The maximum absolute atomic E-state index is 10.8. The molecule has 0 radical (unpaired) electrons. The van der Waals surface area contributed by atoms with Crippen LogP contribution < -0.4 is 5.43 Å². The van der Waals surface area contributed by atoms with Gasteiger partial charge in [0.05, 0.1) is 22.1 Å². The summed E-state index contributed by atoms with van der Waals surface area (Å²) < 4.78 is 4.56. The van der Waals surface area contributed by atoms with Crippen LogP contribution in [0.5, 0.6) is 0 Å². The number of anilines is 1. The predicted molar refractivity (Wildman–Crippen MR) is 68.5 cm³/mol. The molecule has 0 saturated carbocycles. The van der Waals surface area contributed by atoms with E-state index in [0.29, 0.717) is 0 Å². The highest BCUT2D eigenvalue weighted by Crippen LogP contribution is 2.28. The van der Waals surface area contributed by atoms with Crippen molar-refractivity contribution in [2.45, 2.75) is 6.92 Å². The second-order valence-corrected chi connectivity index (χ2v) is 3.44. The third-order valence-electron chi connectivity index (χ3n) is 2.03. The van der Waals surface area contributed by atoms with Crippen LogP contribution in [0, 0.1) is 20.2 Å². The largest absolute Gasteiger partial charge is 0.460 e. The summed E-state index contributed by atoms with van der Waals surface area (Å²) in [5.74, 6) is -0.488. The van der Waals surface area contributed by atoms with Crippen LogP contribution in [-0.2, 0) is 9.53 Å². The standard InChI is InChI=1S/C10H10N4O6/c1-7(15)20-5-4-11-12-9-3-2-8(13(16)17)6-10(9)14(18)19/h2-4,6,12H,5H2,1H3. The zero-order valence-electron chi connectivity index (χ0n) is 10.3. The molecule has 0 aliphatic carbocycles. The first-order valence-electron chi connectivity index (χ1n) is 5.25. The lowest BCUT2D eigenvalue weighted by Crippen LogP contribution is -2.03. The van der Waals surface area contributed by atoms with Crippen LogP contribution in [0.3, 0.4) is 0 Å². The maximum atomic E-state index is 10.8. The van der Waals surface area contributed by atoms with Crippen LogP contribution in [0.15, 0.2) is 23.3 Å². The van der Waals surface area contributed by atoms with Crippen molar-refractivity contribution >= 4 is 29.2 Å². The van der Waals surface area contributed by atoms with Gasteiger partial charge >= 0.3 is 11.7 Å². The molecule has 1 aromatic rings. The van der Waals surface area contributed by atoms with Crippen molar-refractivity contribution in [3.05, 3.63) is 38.4 Å². The fourth-order valence-corrected chi connectivity index (χ4v) is 1.19. The minimum atomic E-state index is -0.767. The van der Waals surface area contributed by atoms with E-state index in [1.54, 1.807) is 0 Å². The Hall–Kier alpha value is -3.04. The normalized spacial score (nSPS) is 10.2. The molecule has 0 amide bonds. The number of esters is 1. The number of nitrogens with zero attached hydrogens (tertiary/aromatic N) is 3. The molecule has 10 heteroatoms. The number of non-ortho nitro benzene ring substituents is 1. The fourth-order valence-electron chi connectivity index (χ4n) is 1.19. The van der Waals surface area contributed by atoms with Gasteiger partial charge in [0.15, 0.2) is 0 Å². The Morgan fingerprint density at radius 3 is 2.65 bits per heavy atom. The number of hydrazone groups is 1. The number of nitro groups is 2.